The quantitative estimate of drug-likeness (QED) is 0.232. The zero-order chi connectivity index (χ0) is 23.2. The maximum Gasteiger partial charge on any atom is 0.262 e. The van der Waals surface area contributed by atoms with Crippen molar-refractivity contribution < 1.29 is 14.2 Å². The third-order valence-electron chi connectivity index (χ3n) is 5.97. The molecule has 1 aromatic heterocycles. The number of fused-ring (bicyclic) bond motifs is 1. The summed E-state index contributed by atoms with van der Waals surface area (Å²) in [5.74, 6) is 2.59. The molecule has 0 spiro atoms. The average molecular weight is 467 g/mol. The molecule has 0 saturated carbocycles. The Morgan fingerprint density at radius 2 is 1.85 bits per heavy atom. The number of ether oxygens (including phenoxy) is 3. The Morgan fingerprint density at radius 3 is 2.58 bits per heavy atom. The van der Waals surface area contributed by atoms with Gasteiger partial charge in [0.2, 0.25) is 0 Å². The van der Waals surface area contributed by atoms with Gasteiger partial charge in [0.05, 0.1) is 32.2 Å². The summed E-state index contributed by atoms with van der Waals surface area (Å²) in [5, 5.41) is 1.25. The highest BCUT2D eigenvalue weighted by molar-refractivity contribution is 7.98. The van der Waals surface area contributed by atoms with Gasteiger partial charge in [-0.2, -0.15) is 0 Å². The fraction of sp³-hybridized carbons (Fsp3) is 0.385. The highest BCUT2D eigenvalue weighted by Crippen LogP contribution is 2.32. The number of rotatable bonds is 9. The molecule has 0 aliphatic heterocycles. The molecule has 0 unspecified atom stereocenters. The Kier molecular flexibility index (Phi) is 7.60. The van der Waals surface area contributed by atoms with Crippen LogP contribution in [-0.2, 0) is 12.3 Å². The van der Waals surface area contributed by atoms with Gasteiger partial charge in [-0.25, -0.2) is 4.98 Å². The average Bonchev–Trinajstić information content (AvgIpc) is 2.87. The number of thioether (sulfide) groups is 1. The molecule has 1 aliphatic rings. The van der Waals surface area contributed by atoms with E-state index in [1.54, 1.807) is 45.2 Å². The minimum atomic E-state index is -0.0505. The van der Waals surface area contributed by atoms with Crippen LogP contribution >= 0.6 is 11.8 Å². The second-order valence-electron chi connectivity index (χ2n) is 8.07. The summed E-state index contributed by atoms with van der Waals surface area (Å²) in [5.41, 5.74) is 3.11. The van der Waals surface area contributed by atoms with Crippen LogP contribution < -0.4 is 19.8 Å². The number of allylic oxidation sites excluding steroid dienone is 2. The summed E-state index contributed by atoms with van der Waals surface area (Å²) in [6.07, 6.45) is 7.93. The number of benzene rings is 2. The first-order chi connectivity index (χ1) is 16.1. The van der Waals surface area contributed by atoms with Gasteiger partial charge in [0.1, 0.15) is 5.75 Å². The molecule has 3 aromatic rings. The summed E-state index contributed by atoms with van der Waals surface area (Å²) >= 11 is 1.56. The molecule has 6 nitrogen and oxygen atoms in total. The highest BCUT2D eigenvalue weighted by Gasteiger charge is 2.16. The van der Waals surface area contributed by atoms with E-state index < -0.39 is 0 Å². The molecular formula is C26H30N2O4S. The van der Waals surface area contributed by atoms with E-state index in [4.69, 9.17) is 19.2 Å². The van der Waals surface area contributed by atoms with E-state index in [9.17, 15) is 4.79 Å². The summed E-state index contributed by atoms with van der Waals surface area (Å²) in [7, 11) is 4.82. The molecule has 0 saturated heterocycles. The van der Waals surface area contributed by atoms with E-state index in [0.29, 0.717) is 39.9 Å². The maximum absolute atomic E-state index is 13.6. The standard InChI is InChI=1S/C26H30N2O4S/c1-30-20-11-7-10-19(14-20)17-33-26-27-22-16-24(32-3)23(31-2)15-21(22)25(29)28(26)13-12-18-8-5-4-6-9-18/h7-8,10-11,14-16H,4-6,9,12-13,17H2,1-3H3. The van der Waals surface area contributed by atoms with Crippen molar-refractivity contribution in [2.45, 2.75) is 49.6 Å². The van der Waals surface area contributed by atoms with E-state index in [1.165, 1.54) is 18.4 Å². The zero-order valence-electron chi connectivity index (χ0n) is 19.4. The van der Waals surface area contributed by atoms with Crippen LogP contribution in [-0.4, -0.2) is 30.9 Å². The van der Waals surface area contributed by atoms with Gasteiger partial charge in [0.25, 0.3) is 5.56 Å². The van der Waals surface area contributed by atoms with Crippen molar-refractivity contribution in [2.75, 3.05) is 21.3 Å². The van der Waals surface area contributed by atoms with Gasteiger partial charge >= 0.3 is 0 Å². The number of nitrogens with zero attached hydrogens (tertiary/aromatic N) is 2. The van der Waals surface area contributed by atoms with E-state index in [2.05, 4.69) is 12.1 Å². The third-order valence-corrected chi connectivity index (χ3v) is 7.02. The van der Waals surface area contributed by atoms with Crippen LogP contribution in [0, 0.1) is 0 Å². The first kappa shape index (κ1) is 23.2. The zero-order valence-corrected chi connectivity index (χ0v) is 20.2. The Morgan fingerprint density at radius 1 is 1.03 bits per heavy atom. The molecule has 7 heteroatoms. The van der Waals surface area contributed by atoms with Gasteiger partial charge in [-0.1, -0.05) is 35.5 Å². The minimum Gasteiger partial charge on any atom is -0.497 e. The predicted octanol–water partition coefficient (Wildman–Crippen LogP) is 5.61. The Bertz CT molecular complexity index is 1220. The van der Waals surface area contributed by atoms with E-state index in [-0.39, 0.29) is 5.56 Å². The molecule has 0 bridgehead atoms. The van der Waals surface area contributed by atoms with Gasteiger partial charge in [0.15, 0.2) is 16.7 Å². The number of aromatic nitrogens is 2. The van der Waals surface area contributed by atoms with Crippen molar-refractivity contribution >= 4 is 22.7 Å². The lowest BCUT2D eigenvalue weighted by Crippen LogP contribution is -2.24. The summed E-state index contributed by atoms with van der Waals surface area (Å²) in [4.78, 5) is 18.5. The van der Waals surface area contributed by atoms with Crippen LogP contribution in [0.4, 0.5) is 0 Å². The SMILES string of the molecule is COc1cccc(CSc2nc3cc(OC)c(OC)cc3c(=O)n2CCC2=CCCCC2)c1. The second kappa shape index (κ2) is 10.8. The Hall–Kier alpha value is -2.93. The van der Waals surface area contributed by atoms with Crippen molar-refractivity contribution in [3.8, 4) is 17.2 Å². The van der Waals surface area contributed by atoms with Crippen molar-refractivity contribution in [1.82, 2.24) is 9.55 Å². The van der Waals surface area contributed by atoms with Gasteiger partial charge < -0.3 is 14.2 Å². The van der Waals surface area contributed by atoms with Crippen LogP contribution in [0.15, 0.2) is 58.0 Å². The van der Waals surface area contributed by atoms with Crippen LogP contribution in [0.1, 0.15) is 37.7 Å². The molecule has 174 valence electrons. The molecule has 0 atom stereocenters. The third kappa shape index (κ3) is 5.36. The van der Waals surface area contributed by atoms with E-state index in [0.717, 1.165) is 30.6 Å². The first-order valence-electron chi connectivity index (χ1n) is 11.2. The highest BCUT2D eigenvalue weighted by atomic mass is 32.2. The molecule has 33 heavy (non-hydrogen) atoms. The van der Waals surface area contributed by atoms with Crippen molar-refractivity contribution in [2.24, 2.45) is 0 Å². The van der Waals surface area contributed by atoms with Crippen LogP contribution in [0.2, 0.25) is 0 Å². The molecule has 0 amide bonds. The van der Waals surface area contributed by atoms with Crippen LogP contribution in [0.25, 0.3) is 10.9 Å². The van der Waals surface area contributed by atoms with Crippen molar-refractivity contribution in [3.63, 3.8) is 0 Å². The topological polar surface area (TPSA) is 62.6 Å². The fourth-order valence-corrected chi connectivity index (χ4v) is 5.10. The minimum absolute atomic E-state index is 0.0505. The second-order valence-corrected chi connectivity index (χ2v) is 9.02. The van der Waals surface area contributed by atoms with Crippen LogP contribution in [0.3, 0.4) is 0 Å². The maximum atomic E-state index is 13.6. The van der Waals surface area contributed by atoms with E-state index >= 15 is 0 Å². The van der Waals surface area contributed by atoms with Gasteiger partial charge in [0, 0.05) is 18.4 Å². The molecular weight excluding hydrogens is 436 g/mol. The fourth-order valence-electron chi connectivity index (χ4n) is 4.13. The number of methoxy groups -OCH3 is 3. The predicted molar refractivity (Wildman–Crippen MR) is 133 cm³/mol. The van der Waals surface area contributed by atoms with Gasteiger partial charge in [-0.15, -0.1) is 0 Å². The normalized spacial score (nSPS) is 13.6. The molecule has 1 aliphatic carbocycles. The van der Waals surface area contributed by atoms with E-state index in [1.807, 2.05) is 22.8 Å². The summed E-state index contributed by atoms with van der Waals surface area (Å²) in [6, 6.07) is 11.5. The number of hydrogen-bond acceptors (Lipinski definition) is 6. The summed E-state index contributed by atoms with van der Waals surface area (Å²) in [6.45, 7) is 0.613. The Balaban J connectivity index is 1.71. The summed E-state index contributed by atoms with van der Waals surface area (Å²) < 4.78 is 18.0. The largest absolute Gasteiger partial charge is 0.497 e. The first-order valence-corrected chi connectivity index (χ1v) is 12.2. The lowest BCUT2D eigenvalue weighted by Gasteiger charge is -2.17. The lowest BCUT2D eigenvalue weighted by molar-refractivity contribution is 0.355. The molecule has 2 aromatic carbocycles. The molecule has 0 radical (unpaired) electrons. The molecule has 0 fully saturated rings. The molecule has 1 heterocycles. The molecule has 0 N–H and O–H groups in total. The monoisotopic (exact) mass is 466 g/mol. The van der Waals surface area contributed by atoms with Gasteiger partial charge in [-0.3, -0.25) is 9.36 Å². The Labute approximate surface area is 198 Å². The lowest BCUT2D eigenvalue weighted by atomic mass is 9.97. The number of hydrogen-bond donors (Lipinski definition) is 0. The van der Waals surface area contributed by atoms with Crippen molar-refractivity contribution in [1.29, 1.82) is 0 Å². The van der Waals surface area contributed by atoms with Crippen molar-refractivity contribution in [3.05, 3.63) is 64.0 Å². The van der Waals surface area contributed by atoms with Gasteiger partial charge in [-0.05, 0) is 55.9 Å². The smallest absolute Gasteiger partial charge is 0.262 e. The van der Waals surface area contributed by atoms with Crippen LogP contribution in [0.5, 0.6) is 17.2 Å². The molecule has 4 rings (SSSR count).